The molecule has 0 amide bonds. The predicted octanol–water partition coefficient (Wildman–Crippen LogP) is 1.11. The van der Waals surface area contributed by atoms with Crippen molar-refractivity contribution in [2.75, 3.05) is 0 Å². The Morgan fingerprint density at radius 2 is 2.09 bits per heavy atom. The molecule has 0 N–H and O–H groups in total. The Bertz CT molecular complexity index is 299. The van der Waals surface area contributed by atoms with Crippen molar-refractivity contribution in [2.24, 2.45) is 0 Å². The van der Waals surface area contributed by atoms with Crippen LogP contribution in [0.5, 0.6) is 0 Å². The summed E-state index contributed by atoms with van der Waals surface area (Å²) in [5.74, 6) is 0. The van der Waals surface area contributed by atoms with Crippen LogP contribution in [-0.2, 0) is 0 Å². The first kappa shape index (κ1) is 8.37. The Hall–Kier alpha value is -0.732. The third kappa shape index (κ3) is 1.85. The van der Waals surface area contributed by atoms with Gasteiger partial charge in [-0.15, -0.1) is 0 Å². The van der Waals surface area contributed by atoms with Crippen LogP contribution >= 0.6 is 0 Å². The van der Waals surface area contributed by atoms with Crippen LogP contribution in [0.25, 0.3) is 0 Å². The van der Waals surface area contributed by atoms with Crippen LogP contribution in [0.1, 0.15) is 11.1 Å². The van der Waals surface area contributed by atoms with Crippen molar-refractivity contribution in [1.29, 1.82) is 5.26 Å². The van der Waals surface area contributed by atoms with Crippen LogP contribution in [-0.4, -0.2) is 15.8 Å². The first-order chi connectivity index (χ1) is 5.25. The summed E-state index contributed by atoms with van der Waals surface area (Å²) in [4.78, 5) is 2.25. The topological polar surface area (TPSA) is 23.8 Å². The fourth-order valence-electron chi connectivity index (χ4n) is 0.911. The van der Waals surface area contributed by atoms with E-state index in [0.29, 0.717) is 0 Å². The molecule has 0 spiro atoms. The molecular formula is C9H9AsN. The second-order valence-corrected chi connectivity index (χ2v) is 4.33. The van der Waals surface area contributed by atoms with Gasteiger partial charge < -0.3 is 0 Å². The molecule has 0 saturated carbocycles. The summed E-state index contributed by atoms with van der Waals surface area (Å²) in [5.41, 5.74) is 2.57. The van der Waals surface area contributed by atoms with Crippen LogP contribution in [0.3, 0.4) is 0 Å². The summed E-state index contributed by atoms with van der Waals surface area (Å²) >= 11 is -0.266. The van der Waals surface area contributed by atoms with Gasteiger partial charge in [-0.05, 0) is 0 Å². The molecule has 0 unspecified atom stereocenters. The Labute approximate surface area is 73.7 Å². The van der Waals surface area contributed by atoms with Crippen LogP contribution in [0.15, 0.2) is 18.2 Å². The van der Waals surface area contributed by atoms with Crippen molar-refractivity contribution in [1.82, 2.24) is 0 Å². The molecule has 11 heavy (non-hydrogen) atoms. The molecule has 1 aromatic carbocycles. The summed E-state index contributed by atoms with van der Waals surface area (Å²) in [7, 11) is 0. The SMILES string of the molecule is Cc1cccc([As]C#N)c1C. The van der Waals surface area contributed by atoms with Gasteiger partial charge in [-0.1, -0.05) is 0 Å². The van der Waals surface area contributed by atoms with Crippen molar-refractivity contribution in [2.45, 2.75) is 13.8 Å². The monoisotopic (exact) mass is 206 g/mol. The second-order valence-electron chi connectivity index (χ2n) is 2.43. The van der Waals surface area contributed by atoms with Gasteiger partial charge in [0, 0.05) is 0 Å². The number of nitriles is 1. The molecule has 55 valence electrons. The van der Waals surface area contributed by atoms with E-state index in [9.17, 15) is 0 Å². The molecule has 1 aromatic rings. The van der Waals surface area contributed by atoms with Gasteiger partial charge in [0.2, 0.25) is 0 Å². The van der Waals surface area contributed by atoms with Gasteiger partial charge in [0.15, 0.2) is 0 Å². The third-order valence-corrected chi connectivity index (χ3v) is 3.48. The fourth-order valence-corrected chi connectivity index (χ4v) is 2.20. The van der Waals surface area contributed by atoms with E-state index in [1.165, 1.54) is 15.5 Å². The minimum absolute atomic E-state index is 0.266. The maximum absolute atomic E-state index is 8.53. The van der Waals surface area contributed by atoms with Crippen molar-refractivity contribution in [3.63, 3.8) is 0 Å². The Balaban J connectivity index is 3.08. The molecule has 2 heteroatoms. The zero-order chi connectivity index (χ0) is 8.27. The number of aryl methyl sites for hydroxylation is 1. The van der Waals surface area contributed by atoms with Crippen LogP contribution < -0.4 is 4.35 Å². The maximum atomic E-state index is 8.53. The van der Waals surface area contributed by atoms with Gasteiger partial charge >= 0.3 is 73.4 Å². The number of nitrogens with zero attached hydrogens (tertiary/aromatic N) is 1. The zero-order valence-corrected chi connectivity index (χ0v) is 8.50. The molecule has 1 nitrogen and oxygen atoms in total. The van der Waals surface area contributed by atoms with Crippen molar-refractivity contribution >= 4 is 20.1 Å². The first-order valence-electron chi connectivity index (χ1n) is 3.41. The minimum atomic E-state index is -0.266. The number of rotatable bonds is 1. The van der Waals surface area contributed by atoms with E-state index >= 15 is 0 Å². The summed E-state index contributed by atoms with van der Waals surface area (Å²) in [6.07, 6.45) is 0. The molecule has 1 radical (unpaired) electrons. The molecule has 0 aliphatic carbocycles. The summed E-state index contributed by atoms with van der Waals surface area (Å²) in [6, 6.07) is 6.15. The molecule has 0 bridgehead atoms. The predicted molar refractivity (Wildman–Crippen MR) is 46.9 cm³/mol. The van der Waals surface area contributed by atoms with Crippen LogP contribution in [0, 0.1) is 24.0 Å². The average molecular weight is 206 g/mol. The standard InChI is InChI=1S/C9H9AsN/c1-7-4-3-5-9(8(7)2)10-6-11/h3-5H,1-2H3. The van der Waals surface area contributed by atoms with Gasteiger partial charge in [-0.25, -0.2) is 0 Å². The molecule has 0 aliphatic rings. The van der Waals surface area contributed by atoms with E-state index in [1.807, 2.05) is 12.1 Å². The van der Waals surface area contributed by atoms with Gasteiger partial charge in [0.05, 0.1) is 0 Å². The molecule has 0 atom stereocenters. The summed E-state index contributed by atoms with van der Waals surface area (Å²) in [6.45, 7) is 4.16. The van der Waals surface area contributed by atoms with E-state index in [1.54, 1.807) is 0 Å². The molecule has 0 saturated heterocycles. The Morgan fingerprint density at radius 1 is 1.36 bits per heavy atom. The van der Waals surface area contributed by atoms with Gasteiger partial charge in [0.1, 0.15) is 0 Å². The number of benzene rings is 1. The van der Waals surface area contributed by atoms with E-state index < -0.39 is 0 Å². The first-order valence-corrected chi connectivity index (χ1v) is 5.29. The zero-order valence-electron chi connectivity index (χ0n) is 6.63. The second kappa shape index (κ2) is 3.60. The van der Waals surface area contributed by atoms with Crippen molar-refractivity contribution < 1.29 is 0 Å². The quantitative estimate of drug-likeness (QED) is 0.631. The summed E-state index contributed by atoms with van der Waals surface area (Å²) < 4.78 is 1.24. The van der Waals surface area contributed by atoms with E-state index in [4.69, 9.17) is 5.26 Å². The average Bonchev–Trinajstić information content (AvgIpc) is 1.99. The van der Waals surface area contributed by atoms with E-state index in [-0.39, 0.29) is 15.8 Å². The molecule has 0 heterocycles. The van der Waals surface area contributed by atoms with Gasteiger partial charge in [0.25, 0.3) is 0 Å². The van der Waals surface area contributed by atoms with E-state index in [0.717, 1.165) is 0 Å². The fraction of sp³-hybridized carbons (Fsp3) is 0.222. The number of hydrogen-bond donors (Lipinski definition) is 0. The Kier molecular flexibility index (Phi) is 2.74. The molecular weight excluding hydrogens is 197 g/mol. The van der Waals surface area contributed by atoms with Gasteiger partial charge in [-0.2, -0.15) is 0 Å². The normalized spacial score (nSPS) is 10.3. The third-order valence-electron chi connectivity index (χ3n) is 1.75. The van der Waals surface area contributed by atoms with E-state index in [2.05, 4.69) is 24.8 Å². The number of hydrogen-bond acceptors (Lipinski definition) is 1. The molecule has 0 aliphatic heterocycles. The summed E-state index contributed by atoms with van der Waals surface area (Å²) in [5, 5.41) is 8.53. The van der Waals surface area contributed by atoms with Crippen LogP contribution in [0.4, 0.5) is 0 Å². The molecule has 1 rings (SSSR count). The van der Waals surface area contributed by atoms with Crippen molar-refractivity contribution in [3.8, 4) is 4.86 Å². The Morgan fingerprint density at radius 3 is 2.73 bits per heavy atom. The van der Waals surface area contributed by atoms with Crippen LogP contribution in [0.2, 0.25) is 0 Å². The molecule has 0 fully saturated rings. The molecule has 0 aromatic heterocycles. The van der Waals surface area contributed by atoms with Crippen molar-refractivity contribution in [3.05, 3.63) is 29.3 Å². The van der Waals surface area contributed by atoms with Gasteiger partial charge in [-0.3, -0.25) is 0 Å².